The fourth-order valence-corrected chi connectivity index (χ4v) is 8.87. The van der Waals surface area contributed by atoms with E-state index in [2.05, 4.69) is 148 Å². The van der Waals surface area contributed by atoms with Gasteiger partial charge in [0.25, 0.3) is 0 Å². The van der Waals surface area contributed by atoms with Gasteiger partial charge in [0, 0.05) is 49.3 Å². The minimum atomic E-state index is 0.639. The smallest absolute Gasteiger partial charge is 0.164 e. The highest BCUT2D eigenvalue weighted by molar-refractivity contribution is 6.25. The molecule has 0 N–H and O–H groups in total. The Labute approximate surface area is 333 Å². The van der Waals surface area contributed by atoms with Crippen molar-refractivity contribution >= 4 is 59.9 Å². The third kappa shape index (κ3) is 5.00. The summed E-state index contributed by atoms with van der Waals surface area (Å²) in [5.74, 6) is 1.94. The molecule has 0 aliphatic rings. The number of hydrogen-bond acceptors (Lipinski definition) is 3. The molecule has 8 aromatic carbocycles. The standard InChI is InChI=1S/C53H33N5/c1-3-14-35(15-4-1)51-54-52(36-16-5-2-6-17-36)56-53(55-51)39-20-13-19-37(32-39)34-26-28-40(29-27-34)57-47-25-12-10-23-43(47)45-31-30-44-41-21-8-9-22-42(41)48-33-38-18-7-11-24-46(38)58(48)50(44)49(45)57/h1-33H. The van der Waals surface area contributed by atoms with E-state index in [9.17, 15) is 0 Å². The third-order valence-electron chi connectivity index (χ3n) is 11.5. The molecule has 5 heteroatoms. The van der Waals surface area contributed by atoms with E-state index in [0.29, 0.717) is 17.5 Å². The van der Waals surface area contributed by atoms with E-state index in [1.165, 1.54) is 59.9 Å². The van der Waals surface area contributed by atoms with Crippen molar-refractivity contribution < 1.29 is 0 Å². The summed E-state index contributed by atoms with van der Waals surface area (Å²) in [6.45, 7) is 0. The lowest BCUT2D eigenvalue weighted by Crippen LogP contribution is -2.00. The van der Waals surface area contributed by atoms with E-state index in [0.717, 1.165) is 33.5 Å². The Balaban J connectivity index is 1.03. The van der Waals surface area contributed by atoms with Gasteiger partial charge < -0.3 is 8.97 Å². The van der Waals surface area contributed by atoms with Crippen LogP contribution in [-0.4, -0.2) is 23.9 Å². The minimum Gasteiger partial charge on any atom is -0.307 e. The summed E-state index contributed by atoms with van der Waals surface area (Å²) in [5.41, 5.74) is 12.1. The highest BCUT2D eigenvalue weighted by Gasteiger charge is 2.20. The second-order valence-electron chi connectivity index (χ2n) is 14.8. The van der Waals surface area contributed by atoms with Crippen LogP contribution < -0.4 is 0 Å². The molecule has 0 saturated heterocycles. The molecule has 0 amide bonds. The first-order chi connectivity index (χ1) is 28.8. The molecule has 0 radical (unpaired) electrons. The Morgan fingerprint density at radius 3 is 1.50 bits per heavy atom. The Morgan fingerprint density at radius 1 is 0.293 bits per heavy atom. The number of rotatable bonds is 5. The molecule has 4 aromatic heterocycles. The monoisotopic (exact) mass is 739 g/mol. The Hall–Kier alpha value is -7.89. The number of para-hydroxylation sites is 2. The molecule has 0 aliphatic carbocycles. The number of benzene rings is 8. The first kappa shape index (κ1) is 32.4. The SMILES string of the molecule is c1ccc(-c2nc(-c3ccccc3)nc(-c3cccc(-c4ccc(-n5c6ccccc6c6ccc7c8ccccc8c8cc9ccccc9n8c7c65)cc4)c3)n2)cc1. The molecule has 5 nitrogen and oxygen atoms in total. The fourth-order valence-electron chi connectivity index (χ4n) is 8.87. The molecular weight excluding hydrogens is 707 g/mol. The van der Waals surface area contributed by atoms with Gasteiger partial charge in [0.05, 0.1) is 27.6 Å². The van der Waals surface area contributed by atoms with Gasteiger partial charge in [-0.2, -0.15) is 0 Å². The summed E-state index contributed by atoms with van der Waals surface area (Å²) in [7, 11) is 0. The zero-order valence-electron chi connectivity index (χ0n) is 31.3. The van der Waals surface area contributed by atoms with E-state index in [1.54, 1.807) is 0 Å². The molecule has 0 spiro atoms. The maximum Gasteiger partial charge on any atom is 0.164 e. The highest BCUT2D eigenvalue weighted by atomic mass is 15.0. The van der Waals surface area contributed by atoms with Crippen LogP contribution in [0.15, 0.2) is 200 Å². The van der Waals surface area contributed by atoms with Gasteiger partial charge in [-0.05, 0) is 52.9 Å². The van der Waals surface area contributed by atoms with Gasteiger partial charge in [0.2, 0.25) is 0 Å². The lowest BCUT2D eigenvalue weighted by Gasteiger charge is -2.15. The molecule has 270 valence electrons. The second-order valence-corrected chi connectivity index (χ2v) is 14.8. The summed E-state index contributed by atoms with van der Waals surface area (Å²) >= 11 is 0. The van der Waals surface area contributed by atoms with Crippen LogP contribution in [0.25, 0.3) is 111 Å². The van der Waals surface area contributed by atoms with Gasteiger partial charge in [0.1, 0.15) is 0 Å². The Morgan fingerprint density at radius 2 is 0.810 bits per heavy atom. The molecule has 58 heavy (non-hydrogen) atoms. The van der Waals surface area contributed by atoms with Crippen LogP contribution in [0.5, 0.6) is 0 Å². The molecule has 0 unspecified atom stereocenters. The summed E-state index contributed by atoms with van der Waals surface area (Å²) < 4.78 is 4.94. The molecule has 0 bridgehead atoms. The van der Waals surface area contributed by atoms with Crippen LogP contribution in [0, 0.1) is 0 Å². The van der Waals surface area contributed by atoms with Crippen LogP contribution in [0.2, 0.25) is 0 Å². The van der Waals surface area contributed by atoms with Gasteiger partial charge in [0.15, 0.2) is 17.5 Å². The molecule has 0 aliphatic heterocycles. The zero-order valence-corrected chi connectivity index (χ0v) is 31.3. The Kier molecular flexibility index (Phi) is 7.16. The predicted molar refractivity (Wildman–Crippen MR) is 239 cm³/mol. The molecular formula is C53H33N5. The number of pyridine rings is 1. The fraction of sp³-hybridized carbons (Fsp3) is 0. The van der Waals surface area contributed by atoms with Crippen molar-refractivity contribution in [2.24, 2.45) is 0 Å². The van der Waals surface area contributed by atoms with Crippen molar-refractivity contribution in [2.45, 2.75) is 0 Å². The maximum atomic E-state index is 4.99. The van der Waals surface area contributed by atoms with E-state index >= 15 is 0 Å². The second kappa shape index (κ2) is 12.8. The maximum absolute atomic E-state index is 4.99. The molecule has 0 fully saturated rings. The van der Waals surface area contributed by atoms with Gasteiger partial charge in [-0.25, -0.2) is 15.0 Å². The van der Waals surface area contributed by atoms with E-state index in [4.69, 9.17) is 15.0 Å². The average molecular weight is 740 g/mol. The van der Waals surface area contributed by atoms with E-state index in [-0.39, 0.29) is 0 Å². The van der Waals surface area contributed by atoms with Crippen LogP contribution in [0.1, 0.15) is 0 Å². The van der Waals surface area contributed by atoms with Gasteiger partial charge in [-0.3, -0.25) is 0 Å². The molecule has 0 saturated carbocycles. The van der Waals surface area contributed by atoms with Gasteiger partial charge in [-0.15, -0.1) is 0 Å². The first-order valence-corrected chi connectivity index (χ1v) is 19.6. The molecule has 0 atom stereocenters. The van der Waals surface area contributed by atoms with Gasteiger partial charge >= 0.3 is 0 Å². The number of nitrogens with zero attached hydrogens (tertiary/aromatic N) is 5. The number of aromatic nitrogens is 5. The van der Waals surface area contributed by atoms with E-state index < -0.39 is 0 Å². The predicted octanol–water partition coefficient (Wildman–Crippen LogP) is 13.3. The Bertz CT molecular complexity index is 3490. The summed E-state index contributed by atoms with van der Waals surface area (Å²) in [6.07, 6.45) is 0. The van der Waals surface area contributed by atoms with Crippen LogP contribution >= 0.6 is 0 Å². The zero-order chi connectivity index (χ0) is 38.2. The summed E-state index contributed by atoms with van der Waals surface area (Å²) in [5, 5.41) is 7.44. The van der Waals surface area contributed by atoms with Crippen molar-refractivity contribution in [1.82, 2.24) is 23.9 Å². The van der Waals surface area contributed by atoms with Crippen molar-refractivity contribution in [3.8, 4) is 51.0 Å². The van der Waals surface area contributed by atoms with Crippen LogP contribution in [0.4, 0.5) is 0 Å². The van der Waals surface area contributed by atoms with Gasteiger partial charge in [-0.1, -0.05) is 164 Å². The normalized spacial score (nSPS) is 11.8. The van der Waals surface area contributed by atoms with E-state index in [1.807, 2.05) is 60.7 Å². The van der Waals surface area contributed by atoms with Crippen molar-refractivity contribution in [3.05, 3.63) is 200 Å². The highest BCUT2D eigenvalue weighted by Crippen LogP contribution is 2.42. The van der Waals surface area contributed by atoms with Crippen LogP contribution in [0.3, 0.4) is 0 Å². The molecule has 4 heterocycles. The lowest BCUT2D eigenvalue weighted by atomic mass is 10.0. The summed E-state index contributed by atoms with van der Waals surface area (Å²) in [6, 6.07) is 71.0. The van der Waals surface area contributed by atoms with Crippen molar-refractivity contribution in [3.63, 3.8) is 0 Å². The third-order valence-corrected chi connectivity index (χ3v) is 11.5. The minimum absolute atomic E-state index is 0.639. The lowest BCUT2D eigenvalue weighted by molar-refractivity contribution is 1.07. The first-order valence-electron chi connectivity index (χ1n) is 19.6. The molecule has 12 rings (SSSR count). The summed E-state index contributed by atoms with van der Waals surface area (Å²) in [4.78, 5) is 14.9. The largest absolute Gasteiger partial charge is 0.307 e. The van der Waals surface area contributed by atoms with Crippen molar-refractivity contribution in [2.75, 3.05) is 0 Å². The average Bonchev–Trinajstić information content (AvgIpc) is 3.86. The quantitative estimate of drug-likeness (QED) is 0.165. The molecule has 12 aromatic rings. The van der Waals surface area contributed by atoms with Crippen molar-refractivity contribution in [1.29, 1.82) is 0 Å². The van der Waals surface area contributed by atoms with Crippen LogP contribution in [-0.2, 0) is 0 Å². The topological polar surface area (TPSA) is 48.0 Å². The number of fused-ring (bicyclic) bond motifs is 12. The number of hydrogen-bond donors (Lipinski definition) is 0.